The minimum absolute atomic E-state index is 0.175. The molecule has 0 aromatic heterocycles. The average Bonchev–Trinajstić information content (AvgIpc) is 2.67. The predicted molar refractivity (Wildman–Crippen MR) is 116 cm³/mol. The van der Waals surface area contributed by atoms with Crippen LogP contribution in [0.5, 0.6) is 11.5 Å². The van der Waals surface area contributed by atoms with Gasteiger partial charge in [-0.2, -0.15) is 0 Å². The largest absolute Gasteiger partial charge is 0.507 e. The number of amides is 1. The maximum atomic E-state index is 12.5. The first-order valence-corrected chi connectivity index (χ1v) is 9.41. The van der Waals surface area contributed by atoms with Crippen LogP contribution in [0.3, 0.4) is 0 Å². The quantitative estimate of drug-likeness (QED) is 0.547. The molecule has 0 fully saturated rings. The van der Waals surface area contributed by atoms with Gasteiger partial charge in [0, 0.05) is 22.0 Å². The van der Waals surface area contributed by atoms with Gasteiger partial charge >= 0.3 is 0 Å². The molecule has 0 aliphatic heterocycles. The fraction of sp³-hybridized carbons (Fsp3) is 0.182. The van der Waals surface area contributed by atoms with Gasteiger partial charge < -0.3 is 15.2 Å². The lowest BCUT2D eigenvalue weighted by Gasteiger charge is -2.13. The maximum absolute atomic E-state index is 12.5. The molecule has 0 bridgehead atoms. The Balaban J connectivity index is 1.69. The van der Waals surface area contributed by atoms with E-state index in [9.17, 15) is 9.90 Å². The Labute approximate surface area is 169 Å². The van der Waals surface area contributed by atoms with Crippen molar-refractivity contribution in [2.75, 3.05) is 11.9 Å². The average molecular weight is 394 g/mol. The maximum Gasteiger partial charge on any atom is 0.257 e. The molecule has 0 aliphatic rings. The molecule has 5 nitrogen and oxygen atoms in total. The Morgan fingerprint density at radius 2 is 1.79 bits per heavy atom. The number of thiocarbonyl (C=S) groups is 1. The Bertz CT molecular complexity index is 1020. The summed E-state index contributed by atoms with van der Waals surface area (Å²) in [6, 6.07) is 17.7. The number of anilines is 1. The Morgan fingerprint density at radius 3 is 2.57 bits per heavy atom. The number of hydrogen-bond acceptors (Lipinski definition) is 4. The first kappa shape index (κ1) is 19.6. The fourth-order valence-electron chi connectivity index (χ4n) is 2.72. The van der Waals surface area contributed by atoms with Crippen molar-refractivity contribution in [3.8, 4) is 11.5 Å². The van der Waals surface area contributed by atoms with Crippen LogP contribution in [-0.4, -0.2) is 22.7 Å². The third-order valence-electron chi connectivity index (χ3n) is 4.05. The number of ether oxygens (including phenoxy) is 1. The van der Waals surface area contributed by atoms with Crippen molar-refractivity contribution >= 4 is 39.7 Å². The minimum Gasteiger partial charge on any atom is -0.507 e. The summed E-state index contributed by atoms with van der Waals surface area (Å²) in [5, 5.41) is 17.4. The van der Waals surface area contributed by atoms with Crippen molar-refractivity contribution < 1.29 is 14.6 Å². The van der Waals surface area contributed by atoms with Crippen molar-refractivity contribution in [3.63, 3.8) is 0 Å². The molecule has 0 spiro atoms. The molecule has 6 heteroatoms. The molecule has 3 aromatic carbocycles. The van der Waals surface area contributed by atoms with E-state index in [1.165, 1.54) is 0 Å². The predicted octanol–water partition coefficient (Wildman–Crippen LogP) is 4.71. The molecule has 28 heavy (non-hydrogen) atoms. The van der Waals surface area contributed by atoms with Crippen LogP contribution in [0.4, 0.5) is 5.69 Å². The number of phenolic OH excluding ortho intramolecular Hbond substituents is 1. The van der Waals surface area contributed by atoms with E-state index < -0.39 is 0 Å². The van der Waals surface area contributed by atoms with Crippen molar-refractivity contribution in [3.05, 3.63) is 66.2 Å². The molecular formula is C22H22N2O3S. The van der Waals surface area contributed by atoms with Crippen molar-refractivity contribution in [1.82, 2.24) is 5.32 Å². The smallest absolute Gasteiger partial charge is 0.257 e. The van der Waals surface area contributed by atoms with Crippen molar-refractivity contribution in [2.24, 2.45) is 5.92 Å². The first-order valence-electron chi connectivity index (χ1n) is 9.00. The van der Waals surface area contributed by atoms with Gasteiger partial charge in [0.2, 0.25) is 0 Å². The normalized spacial score (nSPS) is 10.7. The van der Waals surface area contributed by atoms with Crippen molar-refractivity contribution in [2.45, 2.75) is 13.8 Å². The van der Waals surface area contributed by atoms with E-state index in [2.05, 4.69) is 24.5 Å². The SMILES string of the molecule is CC(C)COc1cccc(C(=O)NC(=S)Nc2cccc3c(O)cccc23)c1. The lowest BCUT2D eigenvalue weighted by molar-refractivity contribution is 0.0977. The lowest BCUT2D eigenvalue weighted by atomic mass is 10.1. The Morgan fingerprint density at radius 1 is 1.07 bits per heavy atom. The van der Waals surface area contributed by atoms with Crippen LogP contribution in [0.1, 0.15) is 24.2 Å². The number of carbonyl (C=O) groups excluding carboxylic acids is 1. The second-order valence-corrected chi connectivity index (χ2v) is 7.23. The summed E-state index contributed by atoms with van der Waals surface area (Å²) in [5.41, 5.74) is 1.16. The standard InChI is InChI=1S/C22H22N2O3S/c1-14(2)13-27-16-7-3-6-15(12-16)21(26)24-22(28)23-19-10-4-9-18-17(19)8-5-11-20(18)25/h3-12,14,25H,13H2,1-2H3,(H2,23,24,26,28). The molecule has 3 rings (SSSR count). The summed E-state index contributed by atoms with van der Waals surface area (Å²) in [5.74, 6) is 0.907. The molecule has 1 amide bonds. The van der Waals surface area contributed by atoms with Crippen LogP contribution in [0.2, 0.25) is 0 Å². The molecule has 0 unspecified atom stereocenters. The third-order valence-corrected chi connectivity index (χ3v) is 4.26. The Hall–Kier alpha value is -3.12. The van der Waals surface area contributed by atoms with Gasteiger partial charge in [0.25, 0.3) is 5.91 Å². The molecular weight excluding hydrogens is 372 g/mol. The molecule has 0 saturated carbocycles. The number of hydrogen-bond donors (Lipinski definition) is 3. The van der Waals surface area contributed by atoms with E-state index in [1.807, 2.05) is 30.3 Å². The van der Waals surface area contributed by atoms with E-state index in [1.54, 1.807) is 30.3 Å². The highest BCUT2D eigenvalue weighted by Crippen LogP contribution is 2.29. The summed E-state index contributed by atoms with van der Waals surface area (Å²) in [4.78, 5) is 12.5. The highest BCUT2D eigenvalue weighted by Gasteiger charge is 2.11. The molecule has 0 atom stereocenters. The zero-order valence-corrected chi connectivity index (χ0v) is 16.5. The fourth-order valence-corrected chi connectivity index (χ4v) is 2.92. The number of rotatable bonds is 5. The van der Waals surface area contributed by atoms with Gasteiger partial charge in [-0.25, -0.2) is 0 Å². The number of phenols is 1. The molecule has 3 aromatic rings. The van der Waals surface area contributed by atoms with Crippen molar-refractivity contribution in [1.29, 1.82) is 0 Å². The van der Waals surface area contributed by atoms with Crippen LogP contribution < -0.4 is 15.4 Å². The molecule has 0 aliphatic carbocycles. The van der Waals surface area contributed by atoms with E-state index in [0.29, 0.717) is 34.9 Å². The molecule has 144 valence electrons. The van der Waals surface area contributed by atoms with E-state index >= 15 is 0 Å². The Kier molecular flexibility index (Phi) is 6.11. The van der Waals surface area contributed by atoms with Crippen LogP contribution in [0.15, 0.2) is 60.7 Å². The summed E-state index contributed by atoms with van der Waals surface area (Å²) in [6.07, 6.45) is 0. The van der Waals surface area contributed by atoms with Gasteiger partial charge in [0.05, 0.1) is 6.61 Å². The monoisotopic (exact) mass is 394 g/mol. The van der Waals surface area contributed by atoms with Crippen LogP contribution in [0.25, 0.3) is 10.8 Å². The highest BCUT2D eigenvalue weighted by molar-refractivity contribution is 7.80. The van der Waals surface area contributed by atoms with Gasteiger partial charge in [-0.3, -0.25) is 10.1 Å². The zero-order chi connectivity index (χ0) is 20.1. The minimum atomic E-state index is -0.324. The highest BCUT2D eigenvalue weighted by atomic mass is 32.1. The summed E-state index contributed by atoms with van der Waals surface area (Å²) in [7, 11) is 0. The van der Waals surface area contributed by atoms with Gasteiger partial charge in [0.1, 0.15) is 11.5 Å². The van der Waals surface area contributed by atoms with Gasteiger partial charge in [-0.05, 0) is 48.5 Å². The number of nitrogens with one attached hydrogen (secondary N) is 2. The van der Waals surface area contributed by atoms with Gasteiger partial charge in [-0.15, -0.1) is 0 Å². The van der Waals surface area contributed by atoms with Gasteiger partial charge in [0.15, 0.2) is 5.11 Å². The number of fused-ring (bicyclic) bond motifs is 1. The lowest BCUT2D eigenvalue weighted by Crippen LogP contribution is -2.34. The zero-order valence-electron chi connectivity index (χ0n) is 15.7. The number of benzene rings is 3. The summed E-state index contributed by atoms with van der Waals surface area (Å²) >= 11 is 5.29. The van der Waals surface area contributed by atoms with Crippen LogP contribution in [0, 0.1) is 5.92 Å². The summed E-state index contributed by atoms with van der Waals surface area (Å²) in [6.45, 7) is 4.71. The second kappa shape index (κ2) is 8.71. The summed E-state index contributed by atoms with van der Waals surface area (Å²) < 4.78 is 5.67. The van der Waals surface area contributed by atoms with Crippen LogP contribution >= 0.6 is 12.2 Å². The molecule has 0 heterocycles. The van der Waals surface area contributed by atoms with E-state index in [4.69, 9.17) is 17.0 Å². The molecule has 0 saturated heterocycles. The van der Waals surface area contributed by atoms with E-state index in [0.717, 1.165) is 5.39 Å². The van der Waals surface area contributed by atoms with Gasteiger partial charge in [-0.1, -0.05) is 44.2 Å². The second-order valence-electron chi connectivity index (χ2n) is 6.82. The molecule has 0 radical (unpaired) electrons. The molecule has 3 N–H and O–H groups in total. The first-order chi connectivity index (χ1) is 13.4. The number of aromatic hydroxyl groups is 1. The topological polar surface area (TPSA) is 70.6 Å². The third kappa shape index (κ3) is 4.78. The van der Waals surface area contributed by atoms with Crippen LogP contribution in [-0.2, 0) is 0 Å². The van der Waals surface area contributed by atoms with E-state index in [-0.39, 0.29) is 16.8 Å². The number of carbonyl (C=O) groups is 1.